The molecule has 0 radical (unpaired) electrons. The van der Waals surface area contributed by atoms with Crippen LogP contribution in [0.1, 0.15) is 0 Å². The summed E-state index contributed by atoms with van der Waals surface area (Å²) in [4.78, 5) is 24.6. The van der Waals surface area contributed by atoms with Crippen LogP contribution in [-0.4, -0.2) is 44.0 Å². The van der Waals surface area contributed by atoms with Crippen molar-refractivity contribution in [2.75, 3.05) is 12.5 Å². The van der Waals surface area contributed by atoms with Crippen molar-refractivity contribution in [2.24, 2.45) is 0 Å². The molecule has 2 atom stereocenters. The van der Waals surface area contributed by atoms with Crippen molar-refractivity contribution < 1.29 is 14.9 Å². The summed E-state index contributed by atoms with van der Waals surface area (Å²) < 4.78 is 6.25. The van der Waals surface area contributed by atoms with Gasteiger partial charge in [0.25, 0.3) is 5.56 Å². The van der Waals surface area contributed by atoms with Crippen LogP contribution in [0.15, 0.2) is 26.9 Å². The Balaban J connectivity index is 2.52. The molecular formula is C10H10Cl2N2O5. The fraction of sp³-hybridized carbons (Fsp3) is 0.400. The number of hydrogen-bond donors (Lipinski definition) is 3. The van der Waals surface area contributed by atoms with E-state index in [1.807, 2.05) is 4.98 Å². The zero-order valence-corrected chi connectivity index (χ0v) is 11.0. The number of alkyl halides is 1. The molecule has 1 aliphatic rings. The summed E-state index contributed by atoms with van der Waals surface area (Å²) in [6.07, 6.45) is -0.224. The Morgan fingerprint density at radius 1 is 1.53 bits per heavy atom. The standard InChI is InChI=1S/C10H10Cl2N2O5/c11-3-10(4-15)7(17)6(12)8(19-10)14-2-1-5(16)13-9(14)18/h1-2,7,15,17H,3-4H2,(H,13,16,18)/t7-,10+/m0/s1. The van der Waals surface area contributed by atoms with E-state index in [0.717, 1.165) is 16.8 Å². The van der Waals surface area contributed by atoms with Crippen LogP contribution in [0.2, 0.25) is 0 Å². The predicted octanol–water partition coefficient (Wildman–Crippen LogP) is -0.738. The van der Waals surface area contributed by atoms with Crippen LogP contribution in [0.25, 0.3) is 5.88 Å². The molecular weight excluding hydrogens is 299 g/mol. The smallest absolute Gasteiger partial charge is 0.335 e. The lowest BCUT2D eigenvalue weighted by Crippen LogP contribution is -2.46. The van der Waals surface area contributed by atoms with Gasteiger partial charge < -0.3 is 14.9 Å². The van der Waals surface area contributed by atoms with Gasteiger partial charge in [0.15, 0.2) is 5.60 Å². The minimum atomic E-state index is -1.51. The lowest BCUT2D eigenvalue weighted by Gasteiger charge is -2.28. The third kappa shape index (κ3) is 2.18. The van der Waals surface area contributed by atoms with Crippen LogP contribution in [0.3, 0.4) is 0 Å². The molecule has 0 unspecified atom stereocenters. The maximum absolute atomic E-state index is 11.6. The van der Waals surface area contributed by atoms with E-state index in [-0.39, 0.29) is 16.8 Å². The highest BCUT2D eigenvalue weighted by Crippen LogP contribution is 2.38. The number of halogens is 2. The van der Waals surface area contributed by atoms with Crippen LogP contribution in [0.5, 0.6) is 0 Å². The highest BCUT2D eigenvalue weighted by Gasteiger charge is 2.49. The molecule has 7 nitrogen and oxygen atoms in total. The highest BCUT2D eigenvalue weighted by molar-refractivity contribution is 6.33. The Labute approximate surface area is 116 Å². The summed E-state index contributed by atoms with van der Waals surface area (Å²) in [5.74, 6) is -0.409. The number of aliphatic hydroxyl groups excluding tert-OH is 2. The van der Waals surface area contributed by atoms with Crippen molar-refractivity contribution in [3.63, 3.8) is 0 Å². The Morgan fingerprint density at radius 3 is 2.68 bits per heavy atom. The lowest BCUT2D eigenvalue weighted by atomic mass is 10.0. The van der Waals surface area contributed by atoms with Crippen molar-refractivity contribution >= 4 is 29.1 Å². The molecule has 2 rings (SSSR count). The lowest BCUT2D eigenvalue weighted by molar-refractivity contribution is -0.0537. The molecule has 2 heterocycles. The van der Waals surface area contributed by atoms with E-state index in [1.165, 1.54) is 0 Å². The van der Waals surface area contributed by atoms with Gasteiger partial charge in [-0.3, -0.25) is 9.78 Å². The molecule has 0 aliphatic carbocycles. The van der Waals surface area contributed by atoms with E-state index >= 15 is 0 Å². The number of hydrogen-bond acceptors (Lipinski definition) is 5. The largest absolute Gasteiger partial charge is 0.464 e. The molecule has 104 valence electrons. The molecule has 19 heavy (non-hydrogen) atoms. The Kier molecular flexibility index (Phi) is 3.73. The summed E-state index contributed by atoms with van der Waals surface area (Å²) in [6, 6.07) is 1.09. The minimum Gasteiger partial charge on any atom is -0.464 e. The van der Waals surface area contributed by atoms with Gasteiger partial charge in [-0.2, -0.15) is 0 Å². The normalized spacial score (nSPS) is 26.6. The van der Waals surface area contributed by atoms with E-state index in [1.54, 1.807) is 0 Å². The molecule has 0 fully saturated rings. The molecule has 0 bridgehead atoms. The quantitative estimate of drug-likeness (QED) is 0.638. The van der Waals surface area contributed by atoms with Gasteiger partial charge >= 0.3 is 5.69 Å². The Hall–Kier alpha value is -1.28. The molecule has 0 spiro atoms. The third-order valence-corrected chi connectivity index (χ3v) is 3.60. The van der Waals surface area contributed by atoms with Crippen LogP contribution >= 0.6 is 23.2 Å². The minimum absolute atomic E-state index is 0.176. The van der Waals surface area contributed by atoms with Gasteiger partial charge in [0.1, 0.15) is 11.1 Å². The average molecular weight is 309 g/mol. The van der Waals surface area contributed by atoms with E-state index < -0.39 is 29.6 Å². The second-order valence-electron chi connectivity index (χ2n) is 3.99. The summed E-state index contributed by atoms with van der Waals surface area (Å²) in [5.41, 5.74) is -2.87. The van der Waals surface area contributed by atoms with E-state index in [0.29, 0.717) is 0 Å². The SMILES string of the molecule is O=c1ccn(C2=C(Cl)[C@H](O)[C@](CO)(CCl)O2)c(=O)[nH]1. The Morgan fingerprint density at radius 2 is 2.21 bits per heavy atom. The fourth-order valence-corrected chi connectivity index (χ4v) is 2.26. The van der Waals surface area contributed by atoms with Gasteiger partial charge in [-0.15, -0.1) is 11.6 Å². The number of H-pyrrole nitrogens is 1. The number of aromatic nitrogens is 2. The van der Waals surface area contributed by atoms with Crippen molar-refractivity contribution in [1.29, 1.82) is 0 Å². The number of nitrogens with one attached hydrogen (secondary N) is 1. The number of nitrogens with zero attached hydrogens (tertiary/aromatic N) is 1. The van der Waals surface area contributed by atoms with Gasteiger partial charge in [-0.1, -0.05) is 11.6 Å². The molecule has 0 saturated heterocycles. The first-order valence-corrected chi connectivity index (χ1v) is 6.12. The van der Waals surface area contributed by atoms with Crippen LogP contribution < -0.4 is 11.2 Å². The summed E-state index contributed by atoms with van der Waals surface area (Å²) in [6.45, 7) is -0.588. The number of aromatic amines is 1. The maximum atomic E-state index is 11.6. The molecule has 9 heteroatoms. The summed E-state index contributed by atoms with van der Waals surface area (Å²) in [7, 11) is 0. The monoisotopic (exact) mass is 308 g/mol. The van der Waals surface area contributed by atoms with E-state index in [4.69, 9.17) is 27.9 Å². The number of ether oxygens (including phenoxy) is 1. The van der Waals surface area contributed by atoms with Gasteiger partial charge in [0, 0.05) is 12.3 Å². The van der Waals surface area contributed by atoms with Crippen LogP contribution in [-0.2, 0) is 4.74 Å². The highest BCUT2D eigenvalue weighted by atomic mass is 35.5. The molecule has 0 saturated carbocycles. The van der Waals surface area contributed by atoms with Gasteiger partial charge in [0.05, 0.1) is 12.5 Å². The molecule has 0 amide bonds. The number of rotatable bonds is 3. The van der Waals surface area contributed by atoms with E-state index in [2.05, 4.69) is 0 Å². The maximum Gasteiger partial charge on any atom is 0.335 e. The van der Waals surface area contributed by atoms with Crippen molar-refractivity contribution in [3.8, 4) is 0 Å². The van der Waals surface area contributed by atoms with Gasteiger partial charge in [-0.05, 0) is 0 Å². The van der Waals surface area contributed by atoms with Gasteiger partial charge in [0.2, 0.25) is 5.88 Å². The first kappa shape index (κ1) is 14.1. The topological polar surface area (TPSA) is 105 Å². The second kappa shape index (κ2) is 5.01. The molecule has 3 N–H and O–H groups in total. The van der Waals surface area contributed by atoms with E-state index in [9.17, 15) is 19.8 Å². The summed E-state index contributed by atoms with van der Waals surface area (Å²) in [5, 5.41) is 19.0. The van der Waals surface area contributed by atoms with Crippen LogP contribution in [0.4, 0.5) is 0 Å². The number of aliphatic hydroxyl groups is 2. The van der Waals surface area contributed by atoms with Crippen molar-refractivity contribution in [1.82, 2.24) is 9.55 Å². The predicted molar refractivity (Wildman–Crippen MR) is 68.0 cm³/mol. The zero-order chi connectivity index (χ0) is 14.2. The van der Waals surface area contributed by atoms with Crippen LogP contribution in [0, 0.1) is 0 Å². The molecule has 0 aromatic carbocycles. The fourth-order valence-electron chi connectivity index (χ4n) is 1.65. The molecule has 1 aromatic rings. The average Bonchev–Trinajstić information content (AvgIpc) is 2.64. The van der Waals surface area contributed by atoms with Gasteiger partial charge in [-0.25, -0.2) is 9.36 Å². The first-order chi connectivity index (χ1) is 8.95. The zero-order valence-electron chi connectivity index (χ0n) is 9.47. The summed E-state index contributed by atoms with van der Waals surface area (Å²) >= 11 is 11.6. The van der Waals surface area contributed by atoms with Crippen molar-refractivity contribution in [2.45, 2.75) is 11.7 Å². The molecule has 1 aromatic heterocycles. The Bertz CT molecular complexity index is 631. The van der Waals surface area contributed by atoms with Crippen molar-refractivity contribution in [3.05, 3.63) is 38.1 Å². The second-order valence-corrected chi connectivity index (χ2v) is 4.67. The first-order valence-electron chi connectivity index (χ1n) is 5.21. The molecule has 1 aliphatic heterocycles. The third-order valence-electron chi connectivity index (χ3n) is 2.78.